The third kappa shape index (κ3) is 6.22. The quantitative estimate of drug-likeness (QED) is 0.481. The molecule has 1 N–H and O–H groups in total. The van der Waals surface area contributed by atoms with E-state index in [1.54, 1.807) is 18.5 Å². The van der Waals surface area contributed by atoms with Crippen LogP contribution < -0.4 is 10.2 Å². The first kappa shape index (κ1) is 26.1. The van der Waals surface area contributed by atoms with Gasteiger partial charge in [0.1, 0.15) is 5.82 Å². The second-order valence-corrected chi connectivity index (χ2v) is 11.2. The van der Waals surface area contributed by atoms with Crippen molar-refractivity contribution in [3.05, 3.63) is 47.7 Å². The standard InChI is InChI=1S/C29H37FN6O3/c30-23-3-6-25-26(17-23)39-34-27(25)21-8-11-35(12-9-21)10-7-20-1-4-24(5-2-20)33-28(37)22-18-31-29(32-19-22)36-13-15-38-16-14-36/h3,6,17-21,24H,1-2,4-5,7-16H2,(H,33,37)/t20-,24-. The van der Waals surface area contributed by atoms with Gasteiger partial charge < -0.3 is 24.4 Å². The Bertz CT molecular complexity index is 1250. The number of rotatable bonds is 7. The zero-order chi connectivity index (χ0) is 26.6. The Morgan fingerprint density at radius 3 is 2.49 bits per heavy atom. The van der Waals surface area contributed by atoms with Crippen molar-refractivity contribution in [3.8, 4) is 0 Å². The molecule has 1 aliphatic carbocycles. The molecule has 208 valence electrons. The number of hydrogen-bond donors (Lipinski definition) is 1. The molecule has 3 aromatic rings. The van der Waals surface area contributed by atoms with Gasteiger partial charge in [-0.2, -0.15) is 0 Å². The van der Waals surface area contributed by atoms with Gasteiger partial charge in [0.25, 0.3) is 5.91 Å². The summed E-state index contributed by atoms with van der Waals surface area (Å²) in [6.45, 7) is 6.13. The highest BCUT2D eigenvalue weighted by molar-refractivity contribution is 5.93. The van der Waals surface area contributed by atoms with Crippen LogP contribution in [0.2, 0.25) is 0 Å². The molecule has 2 saturated heterocycles. The lowest BCUT2D eigenvalue weighted by atomic mass is 9.83. The van der Waals surface area contributed by atoms with Gasteiger partial charge >= 0.3 is 0 Å². The van der Waals surface area contributed by atoms with Crippen LogP contribution in [0.3, 0.4) is 0 Å². The smallest absolute Gasteiger partial charge is 0.254 e. The molecule has 39 heavy (non-hydrogen) atoms. The van der Waals surface area contributed by atoms with E-state index in [2.05, 4.69) is 30.2 Å². The van der Waals surface area contributed by atoms with Crippen molar-refractivity contribution in [2.24, 2.45) is 5.92 Å². The van der Waals surface area contributed by atoms with Crippen LogP contribution in [-0.4, -0.2) is 77.9 Å². The molecule has 6 rings (SSSR count). The van der Waals surface area contributed by atoms with Crippen LogP contribution in [0.5, 0.6) is 0 Å². The molecule has 4 heterocycles. The maximum Gasteiger partial charge on any atom is 0.254 e. The van der Waals surface area contributed by atoms with E-state index in [9.17, 15) is 9.18 Å². The minimum absolute atomic E-state index is 0.0835. The Hall–Kier alpha value is -3.11. The Morgan fingerprint density at radius 1 is 1.00 bits per heavy atom. The van der Waals surface area contributed by atoms with E-state index in [0.29, 0.717) is 42.1 Å². The number of nitrogens with one attached hydrogen (secondary N) is 1. The minimum atomic E-state index is -0.291. The summed E-state index contributed by atoms with van der Waals surface area (Å²) in [5, 5.41) is 8.41. The molecule has 9 nitrogen and oxygen atoms in total. The first-order valence-corrected chi connectivity index (χ1v) is 14.3. The van der Waals surface area contributed by atoms with Crippen LogP contribution in [0.25, 0.3) is 11.0 Å². The van der Waals surface area contributed by atoms with Crippen molar-refractivity contribution < 1.29 is 18.4 Å². The molecule has 10 heteroatoms. The molecule has 1 amide bonds. The molecule has 0 spiro atoms. The third-order valence-electron chi connectivity index (χ3n) is 8.67. The van der Waals surface area contributed by atoms with Crippen molar-refractivity contribution >= 4 is 22.8 Å². The third-order valence-corrected chi connectivity index (χ3v) is 8.67. The molecular formula is C29H37FN6O3. The summed E-state index contributed by atoms with van der Waals surface area (Å²) >= 11 is 0. The van der Waals surface area contributed by atoms with Crippen LogP contribution in [0, 0.1) is 11.7 Å². The van der Waals surface area contributed by atoms with E-state index in [1.165, 1.54) is 18.6 Å². The summed E-state index contributed by atoms with van der Waals surface area (Å²) in [7, 11) is 0. The number of likely N-dealkylation sites (tertiary alicyclic amines) is 1. The number of carbonyl (C=O) groups excluding carboxylic acids is 1. The van der Waals surface area contributed by atoms with E-state index in [4.69, 9.17) is 9.26 Å². The fourth-order valence-corrected chi connectivity index (χ4v) is 6.25. The predicted octanol–water partition coefficient (Wildman–Crippen LogP) is 4.15. The number of aromatic nitrogens is 3. The molecule has 3 aliphatic rings. The Morgan fingerprint density at radius 2 is 1.74 bits per heavy atom. The van der Waals surface area contributed by atoms with E-state index in [-0.39, 0.29) is 17.8 Å². The number of amides is 1. The first-order chi connectivity index (χ1) is 19.1. The van der Waals surface area contributed by atoms with Gasteiger partial charge in [-0.15, -0.1) is 0 Å². The summed E-state index contributed by atoms with van der Waals surface area (Å²) < 4.78 is 24.2. The largest absolute Gasteiger partial charge is 0.378 e. The number of halogens is 1. The summed E-state index contributed by atoms with van der Waals surface area (Å²) in [4.78, 5) is 26.2. The number of ether oxygens (including phenoxy) is 1. The van der Waals surface area contributed by atoms with E-state index >= 15 is 0 Å². The number of anilines is 1. The van der Waals surface area contributed by atoms with Crippen LogP contribution in [-0.2, 0) is 4.74 Å². The van der Waals surface area contributed by atoms with Gasteiger partial charge in [-0.3, -0.25) is 4.79 Å². The number of fused-ring (bicyclic) bond motifs is 1. The Kier molecular flexibility index (Phi) is 8.01. The number of piperidine rings is 1. The van der Waals surface area contributed by atoms with Gasteiger partial charge in [-0.05, 0) is 82.6 Å². The average molecular weight is 537 g/mol. The fourth-order valence-electron chi connectivity index (χ4n) is 6.25. The highest BCUT2D eigenvalue weighted by Gasteiger charge is 2.27. The number of benzene rings is 1. The van der Waals surface area contributed by atoms with Crippen molar-refractivity contribution in [1.29, 1.82) is 0 Å². The molecular weight excluding hydrogens is 499 g/mol. The molecule has 2 aromatic heterocycles. The molecule has 1 saturated carbocycles. The van der Waals surface area contributed by atoms with E-state index in [0.717, 1.165) is 82.3 Å². The lowest BCUT2D eigenvalue weighted by Crippen LogP contribution is -2.39. The molecule has 1 aromatic carbocycles. The summed E-state index contributed by atoms with van der Waals surface area (Å²) in [6, 6.07) is 4.91. The van der Waals surface area contributed by atoms with E-state index in [1.807, 2.05) is 0 Å². The maximum absolute atomic E-state index is 13.5. The predicted molar refractivity (Wildman–Crippen MR) is 145 cm³/mol. The average Bonchev–Trinajstić information content (AvgIpc) is 3.40. The summed E-state index contributed by atoms with van der Waals surface area (Å²) in [5.41, 5.74) is 2.03. The second-order valence-electron chi connectivity index (χ2n) is 11.2. The SMILES string of the molecule is O=C(N[C@H]1CC[C@H](CCN2CCC(c3noc4cc(F)ccc34)CC2)CC1)c1cnc(N2CCOCC2)nc1. The minimum Gasteiger partial charge on any atom is -0.378 e. The normalized spacial score (nSPS) is 23.3. The number of morpholine rings is 1. The number of nitrogens with zero attached hydrogens (tertiary/aromatic N) is 5. The van der Waals surface area contributed by atoms with Gasteiger partial charge in [0.15, 0.2) is 5.58 Å². The van der Waals surface area contributed by atoms with Crippen molar-refractivity contribution in [3.63, 3.8) is 0 Å². The molecule has 0 unspecified atom stereocenters. The van der Waals surface area contributed by atoms with Crippen LogP contribution >= 0.6 is 0 Å². The van der Waals surface area contributed by atoms with Crippen molar-refractivity contribution in [2.75, 3.05) is 50.8 Å². The molecule has 0 atom stereocenters. The van der Waals surface area contributed by atoms with Crippen molar-refractivity contribution in [1.82, 2.24) is 25.3 Å². The number of carbonyl (C=O) groups is 1. The van der Waals surface area contributed by atoms with Gasteiger partial charge in [0.05, 0.1) is 24.5 Å². The van der Waals surface area contributed by atoms with E-state index < -0.39 is 0 Å². The Labute approximate surface area is 228 Å². The monoisotopic (exact) mass is 536 g/mol. The lowest BCUT2D eigenvalue weighted by molar-refractivity contribution is 0.0918. The highest BCUT2D eigenvalue weighted by atomic mass is 19.1. The van der Waals surface area contributed by atoms with Gasteiger partial charge in [0, 0.05) is 48.9 Å². The first-order valence-electron chi connectivity index (χ1n) is 14.3. The molecule has 0 radical (unpaired) electrons. The maximum atomic E-state index is 13.5. The molecule has 0 bridgehead atoms. The summed E-state index contributed by atoms with van der Waals surface area (Å²) in [5.74, 6) is 1.36. The van der Waals surface area contributed by atoms with Crippen LogP contribution in [0.4, 0.5) is 10.3 Å². The second kappa shape index (κ2) is 12.0. The zero-order valence-electron chi connectivity index (χ0n) is 22.4. The molecule has 2 aliphatic heterocycles. The van der Waals surface area contributed by atoms with Crippen LogP contribution in [0.1, 0.15) is 66.9 Å². The fraction of sp³-hybridized carbons (Fsp3) is 0.586. The van der Waals surface area contributed by atoms with Gasteiger partial charge in [-0.1, -0.05) is 5.16 Å². The highest BCUT2D eigenvalue weighted by Crippen LogP contribution is 2.33. The molecule has 3 fully saturated rings. The van der Waals surface area contributed by atoms with Crippen molar-refractivity contribution in [2.45, 2.75) is 56.9 Å². The van der Waals surface area contributed by atoms with Crippen LogP contribution in [0.15, 0.2) is 35.1 Å². The number of hydrogen-bond acceptors (Lipinski definition) is 8. The van der Waals surface area contributed by atoms with Gasteiger partial charge in [-0.25, -0.2) is 14.4 Å². The summed E-state index contributed by atoms with van der Waals surface area (Å²) in [6.07, 6.45) is 10.9. The zero-order valence-corrected chi connectivity index (χ0v) is 22.4. The van der Waals surface area contributed by atoms with Gasteiger partial charge in [0.2, 0.25) is 5.95 Å². The lowest BCUT2D eigenvalue weighted by Gasteiger charge is -2.34. The topological polar surface area (TPSA) is 96.6 Å². The Balaban J connectivity index is 0.903.